The number of carboxylic acid groups (broad SMARTS) is 1. The average Bonchev–Trinajstić information content (AvgIpc) is 2.93. The van der Waals surface area contributed by atoms with Crippen LogP contribution in [0, 0.1) is 5.92 Å². The van der Waals surface area contributed by atoms with Crippen LogP contribution in [-0.2, 0) is 38.1 Å². The number of aromatic hydroxyl groups is 1. The van der Waals surface area contributed by atoms with Crippen molar-refractivity contribution in [3.63, 3.8) is 0 Å². The maximum absolute atomic E-state index is 12.2. The fourth-order valence-electron chi connectivity index (χ4n) is 3.99. The molecule has 0 radical (unpaired) electrons. The van der Waals surface area contributed by atoms with Crippen LogP contribution in [0.4, 0.5) is 0 Å². The highest BCUT2D eigenvalue weighted by molar-refractivity contribution is 5.89. The van der Waals surface area contributed by atoms with Crippen LogP contribution in [0.1, 0.15) is 12.0 Å². The summed E-state index contributed by atoms with van der Waals surface area (Å²) in [7, 11) is 1.11. The predicted molar refractivity (Wildman–Crippen MR) is 132 cm³/mol. The van der Waals surface area contributed by atoms with Crippen molar-refractivity contribution in [1.82, 2.24) is 0 Å². The molecule has 0 aliphatic carbocycles. The van der Waals surface area contributed by atoms with Crippen molar-refractivity contribution in [2.75, 3.05) is 20.3 Å². The highest BCUT2D eigenvalue weighted by Crippen LogP contribution is 2.36. The lowest BCUT2D eigenvalue weighted by molar-refractivity contribution is -0.327. The smallest absolute Gasteiger partial charge is 0.335 e. The summed E-state index contributed by atoms with van der Waals surface area (Å²) < 4.78 is 26.2. The highest BCUT2D eigenvalue weighted by atomic mass is 16.8. The van der Waals surface area contributed by atoms with Gasteiger partial charge in [0.05, 0.1) is 32.0 Å². The van der Waals surface area contributed by atoms with Crippen LogP contribution in [-0.4, -0.2) is 106 Å². The van der Waals surface area contributed by atoms with Gasteiger partial charge in [0.2, 0.25) is 6.29 Å². The van der Waals surface area contributed by atoms with E-state index in [9.17, 15) is 45.0 Å². The molecule has 1 aromatic carbocycles. The molecule has 14 heteroatoms. The second kappa shape index (κ2) is 14.0. The third-order valence-corrected chi connectivity index (χ3v) is 6.17. The summed E-state index contributed by atoms with van der Waals surface area (Å²) >= 11 is 0. The van der Waals surface area contributed by atoms with Gasteiger partial charge in [-0.25, -0.2) is 9.59 Å². The van der Waals surface area contributed by atoms with E-state index < -0.39 is 80.5 Å². The van der Waals surface area contributed by atoms with Gasteiger partial charge in [-0.1, -0.05) is 12.1 Å². The number of esters is 2. The lowest BCUT2D eigenvalue weighted by atomic mass is 9.86. The van der Waals surface area contributed by atoms with E-state index in [1.807, 2.05) is 0 Å². The molecular weight excluding hydrogens is 536 g/mol. The number of benzene rings is 1. The number of aliphatic hydroxyl groups is 4. The molecule has 0 unspecified atom stereocenters. The van der Waals surface area contributed by atoms with E-state index >= 15 is 0 Å². The van der Waals surface area contributed by atoms with Gasteiger partial charge >= 0.3 is 17.9 Å². The zero-order valence-electron chi connectivity index (χ0n) is 21.2. The van der Waals surface area contributed by atoms with Crippen LogP contribution in [0.3, 0.4) is 0 Å². The minimum Gasteiger partial charge on any atom is -0.508 e. The molecule has 0 amide bonds. The van der Waals surface area contributed by atoms with Gasteiger partial charge < -0.3 is 54.3 Å². The van der Waals surface area contributed by atoms with Crippen LogP contribution in [0.25, 0.3) is 6.08 Å². The Balaban J connectivity index is 1.83. The maximum atomic E-state index is 12.2. The van der Waals surface area contributed by atoms with E-state index in [-0.39, 0.29) is 16.9 Å². The monoisotopic (exact) mass is 566 g/mol. The zero-order valence-corrected chi connectivity index (χ0v) is 21.2. The highest BCUT2D eigenvalue weighted by Gasteiger charge is 2.46. The molecule has 3 rings (SSSR count). The number of phenols is 1. The van der Waals surface area contributed by atoms with Gasteiger partial charge in [-0.3, -0.25) is 4.79 Å². The molecule has 0 saturated carbocycles. The largest absolute Gasteiger partial charge is 0.508 e. The standard InChI is InChI=1S/C26H30O14/c1-36-20(30)10-16-15(8-9-37-19(29)7-4-13-2-5-14(28)6-3-13)25(38-12-17(16)24(34)35)40-26-23(33)22(32)21(31)18(11-27)39-26/h2-8,12,16,18,21-23,25-28,31-33H,9-11H2,1H3,(H,34,35)/t16-,18+,21+,22-,23+,25-,26-/m0/s1. The third-order valence-electron chi connectivity index (χ3n) is 6.17. The van der Waals surface area contributed by atoms with E-state index in [4.69, 9.17) is 18.9 Å². The van der Waals surface area contributed by atoms with Crippen molar-refractivity contribution in [3.05, 3.63) is 59.4 Å². The summed E-state index contributed by atoms with van der Waals surface area (Å²) in [6, 6.07) is 6.00. The lowest BCUT2D eigenvalue weighted by Gasteiger charge is -2.41. The number of carboxylic acids is 1. The minimum absolute atomic E-state index is 0.00225. The number of methoxy groups -OCH3 is 1. The number of ether oxygens (including phenoxy) is 5. The fraction of sp³-hybridized carbons (Fsp3) is 0.423. The summed E-state index contributed by atoms with van der Waals surface area (Å²) in [5.41, 5.74) is 0.262. The Hall–Kier alpha value is -3.79. The van der Waals surface area contributed by atoms with Crippen molar-refractivity contribution in [2.45, 2.75) is 43.4 Å². The molecule has 40 heavy (non-hydrogen) atoms. The van der Waals surface area contributed by atoms with E-state index in [2.05, 4.69) is 4.74 Å². The Bertz CT molecular complexity index is 1140. The van der Waals surface area contributed by atoms with Crippen LogP contribution in [0.15, 0.2) is 53.8 Å². The molecule has 0 spiro atoms. The molecule has 0 bridgehead atoms. The Morgan fingerprint density at radius 2 is 1.75 bits per heavy atom. The van der Waals surface area contributed by atoms with Crippen molar-refractivity contribution in [3.8, 4) is 5.75 Å². The topological polar surface area (TPSA) is 219 Å². The first-order chi connectivity index (χ1) is 19.0. The van der Waals surface area contributed by atoms with Crippen LogP contribution in [0.5, 0.6) is 5.75 Å². The quantitative estimate of drug-likeness (QED) is 0.116. The first-order valence-corrected chi connectivity index (χ1v) is 12.0. The number of carbonyl (C=O) groups is 3. The third kappa shape index (κ3) is 7.65. The van der Waals surface area contributed by atoms with Crippen molar-refractivity contribution >= 4 is 24.0 Å². The van der Waals surface area contributed by atoms with Gasteiger partial charge in [0.25, 0.3) is 0 Å². The molecule has 0 aromatic heterocycles. The Morgan fingerprint density at radius 3 is 2.38 bits per heavy atom. The molecule has 7 atom stereocenters. The van der Waals surface area contributed by atoms with Gasteiger partial charge in [-0.2, -0.15) is 0 Å². The molecule has 2 aliphatic heterocycles. The van der Waals surface area contributed by atoms with Crippen molar-refractivity contribution in [1.29, 1.82) is 0 Å². The van der Waals surface area contributed by atoms with Crippen LogP contribution < -0.4 is 0 Å². The summed E-state index contributed by atoms with van der Waals surface area (Å²) in [5, 5.41) is 58.9. The first kappa shape index (κ1) is 30.7. The molecule has 1 saturated heterocycles. The van der Waals surface area contributed by atoms with E-state index in [1.165, 1.54) is 24.3 Å². The molecular formula is C26H30O14. The number of aliphatic carboxylic acids is 1. The molecule has 218 valence electrons. The summed E-state index contributed by atoms with van der Waals surface area (Å²) in [4.78, 5) is 36.2. The second-order valence-corrected chi connectivity index (χ2v) is 8.77. The van der Waals surface area contributed by atoms with Gasteiger partial charge in [-0.15, -0.1) is 0 Å². The second-order valence-electron chi connectivity index (χ2n) is 8.77. The average molecular weight is 567 g/mol. The summed E-state index contributed by atoms with van der Waals surface area (Å²) in [6.45, 7) is -1.14. The summed E-state index contributed by atoms with van der Waals surface area (Å²) in [6.07, 6.45) is -5.47. The Morgan fingerprint density at radius 1 is 1.05 bits per heavy atom. The molecule has 2 aliphatic rings. The number of rotatable bonds is 10. The number of hydrogen-bond donors (Lipinski definition) is 6. The first-order valence-electron chi connectivity index (χ1n) is 12.0. The minimum atomic E-state index is -1.80. The number of aliphatic hydroxyl groups excluding tert-OH is 4. The number of carbonyl (C=O) groups excluding carboxylic acids is 2. The van der Waals surface area contributed by atoms with Crippen LogP contribution >= 0.6 is 0 Å². The molecule has 14 nitrogen and oxygen atoms in total. The van der Waals surface area contributed by atoms with Gasteiger partial charge in [-0.05, 0) is 29.8 Å². The fourth-order valence-corrected chi connectivity index (χ4v) is 3.99. The van der Waals surface area contributed by atoms with Gasteiger partial charge in [0, 0.05) is 17.6 Å². The van der Waals surface area contributed by atoms with Crippen LogP contribution in [0.2, 0.25) is 0 Å². The van der Waals surface area contributed by atoms with E-state index in [0.717, 1.165) is 19.4 Å². The zero-order chi connectivity index (χ0) is 29.4. The SMILES string of the molecule is COC(=O)C[C@@H]1C(C(=O)O)=CO[C@@H](O[C@@H]2O[C@H](CO)[C@@H](O)[C@H](O)[C@H]2O)C1=CCOC(=O)C=Cc1ccc(O)cc1. The number of hydrogen-bond acceptors (Lipinski definition) is 13. The Labute approximate surface area is 227 Å². The van der Waals surface area contributed by atoms with Gasteiger partial charge in [0.1, 0.15) is 36.8 Å². The lowest BCUT2D eigenvalue weighted by Crippen LogP contribution is -2.60. The van der Waals surface area contributed by atoms with Crippen molar-refractivity contribution in [2.24, 2.45) is 5.92 Å². The van der Waals surface area contributed by atoms with E-state index in [1.54, 1.807) is 12.1 Å². The van der Waals surface area contributed by atoms with Crippen molar-refractivity contribution < 1.29 is 68.7 Å². The molecule has 6 N–H and O–H groups in total. The number of phenolic OH excluding ortho intramolecular Hbond substituents is 1. The molecule has 1 fully saturated rings. The molecule has 1 aromatic rings. The maximum Gasteiger partial charge on any atom is 0.335 e. The molecule has 2 heterocycles. The predicted octanol–water partition coefficient (Wildman–Crippen LogP) is -0.804. The normalized spacial score (nSPS) is 29.5. The summed E-state index contributed by atoms with van der Waals surface area (Å²) in [5.74, 6) is -4.09. The Kier molecular flexibility index (Phi) is 10.8. The van der Waals surface area contributed by atoms with Gasteiger partial charge in [0.15, 0.2) is 6.29 Å². The van der Waals surface area contributed by atoms with E-state index in [0.29, 0.717) is 5.56 Å².